The van der Waals surface area contributed by atoms with Crippen molar-refractivity contribution in [3.8, 4) is 5.75 Å². The highest BCUT2D eigenvalue weighted by atomic mass is 35.5. The standard InChI is InChI=1S/C22H23ClN4O6/c1-13-9-18(33-2)16(10-15(13)23)25-20(30)12-26-17-6-4-3-5-14(17)21(31)27(22(26)32)11-19(29)24-7-8-28/h3-6,9-10,28H,7-8,11-12H2,1-2H3,(H,24,29)(H,25,30). The van der Waals surface area contributed by atoms with Gasteiger partial charge in [-0.05, 0) is 36.8 Å². The Kier molecular flexibility index (Phi) is 7.52. The van der Waals surface area contributed by atoms with E-state index in [-0.39, 0.29) is 24.1 Å². The molecule has 0 atom stereocenters. The molecule has 0 unspecified atom stereocenters. The molecule has 0 spiro atoms. The number of hydrogen-bond donors (Lipinski definition) is 3. The highest BCUT2D eigenvalue weighted by molar-refractivity contribution is 6.31. The van der Waals surface area contributed by atoms with E-state index in [1.807, 2.05) is 0 Å². The molecule has 0 saturated carbocycles. The molecule has 10 nitrogen and oxygen atoms in total. The molecule has 3 aromatic rings. The van der Waals surface area contributed by atoms with Crippen LogP contribution in [0.3, 0.4) is 0 Å². The summed E-state index contributed by atoms with van der Waals surface area (Å²) in [6.45, 7) is 0.522. The largest absolute Gasteiger partial charge is 0.495 e. The zero-order valence-corrected chi connectivity index (χ0v) is 18.8. The number of benzene rings is 2. The molecule has 0 aliphatic rings. The van der Waals surface area contributed by atoms with Gasteiger partial charge in [0, 0.05) is 11.6 Å². The van der Waals surface area contributed by atoms with Crippen molar-refractivity contribution in [3.63, 3.8) is 0 Å². The van der Waals surface area contributed by atoms with Crippen molar-refractivity contribution in [3.05, 3.63) is 67.8 Å². The van der Waals surface area contributed by atoms with Gasteiger partial charge in [-0.2, -0.15) is 0 Å². The van der Waals surface area contributed by atoms with Gasteiger partial charge in [-0.15, -0.1) is 0 Å². The summed E-state index contributed by atoms with van der Waals surface area (Å²) in [6, 6.07) is 9.53. The van der Waals surface area contributed by atoms with Crippen LogP contribution in [0.5, 0.6) is 5.75 Å². The minimum Gasteiger partial charge on any atom is -0.495 e. The second-order valence-corrected chi connectivity index (χ2v) is 7.61. The van der Waals surface area contributed by atoms with E-state index >= 15 is 0 Å². The molecule has 0 bridgehead atoms. The number of carbonyl (C=O) groups is 2. The van der Waals surface area contributed by atoms with Gasteiger partial charge in [0.2, 0.25) is 11.8 Å². The van der Waals surface area contributed by atoms with Crippen LogP contribution in [0.2, 0.25) is 5.02 Å². The number of amides is 2. The van der Waals surface area contributed by atoms with E-state index < -0.39 is 36.2 Å². The normalized spacial score (nSPS) is 10.8. The molecule has 0 saturated heterocycles. The number of rotatable bonds is 8. The zero-order valence-electron chi connectivity index (χ0n) is 18.1. The number of nitrogens with zero attached hydrogens (tertiary/aromatic N) is 2. The van der Waals surface area contributed by atoms with E-state index in [0.717, 1.165) is 14.7 Å². The lowest BCUT2D eigenvalue weighted by molar-refractivity contribution is -0.121. The quantitative estimate of drug-likeness (QED) is 0.444. The van der Waals surface area contributed by atoms with Crippen molar-refractivity contribution >= 4 is 40.0 Å². The summed E-state index contributed by atoms with van der Waals surface area (Å²) in [5, 5.41) is 14.5. The average molecular weight is 475 g/mol. The van der Waals surface area contributed by atoms with E-state index in [4.69, 9.17) is 21.4 Å². The predicted molar refractivity (Wildman–Crippen MR) is 124 cm³/mol. The van der Waals surface area contributed by atoms with Crippen LogP contribution in [0, 0.1) is 6.92 Å². The minimum atomic E-state index is -0.818. The number of carbonyl (C=O) groups excluding carboxylic acids is 2. The second kappa shape index (κ2) is 10.3. The molecule has 3 N–H and O–H groups in total. The Bertz CT molecular complexity index is 1330. The van der Waals surface area contributed by atoms with Gasteiger partial charge in [-0.1, -0.05) is 23.7 Å². The number of para-hydroxylation sites is 1. The Morgan fingerprint density at radius 3 is 2.48 bits per heavy atom. The maximum absolute atomic E-state index is 13.1. The number of aryl methyl sites for hydroxylation is 1. The number of methoxy groups -OCH3 is 1. The van der Waals surface area contributed by atoms with Gasteiger partial charge in [0.25, 0.3) is 5.56 Å². The molecule has 3 rings (SSSR count). The maximum Gasteiger partial charge on any atom is 0.332 e. The summed E-state index contributed by atoms with van der Waals surface area (Å²) < 4.78 is 7.16. The van der Waals surface area contributed by atoms with E-state index in [0.29, 0.717) is 16.5 Å². The zero-order chi connectivity index (χ0) is 24.1. The first-order valence-corrected chi connectivity index (χ1v) is 10.4. The molecule has 2 aromatic carbocycles. The van der Waals surface area contributed by atoms with E-state index in [1.165, 1.54) is 13.2 Å². The number of aliphatic hydroxyl groups is 1. The van der Waals surface area contributed by atoms with Gasteiger partial charge in [0.05, 0.1) is 30.3 Å². The van der Waals surface area contributed by atoms with Crippen LogP contribution in [0.15, 0.2) is 46.0 Å². The van der Waals surface area contributed by atoms with Crippen LogP contribution in [0.25, 0.3) is 10.9 Å². The van der Waals surface area contributed by atoms with Crippen LogP contribution in [0.4, 0.5) is 5.69 Å². The minimum absolute atomic E-state index is 0.0152. The number of halogens is 1. The van der Waals surface area contributed by atoms with Crippen molar-refractivity contribution in [2.45, 2.75) is 20.0 Å². The third-order valence-corrected chi connectivity index (χ3v) is 5.33. The number of aliphatic hydroxyl groups excluding tert-OH is 1. The SMILES string of the molecule is COc1cc(C)c(Cl)cc1NC(=O)Cn1c(=O)n(CC(=O)NCCO)c(=O)c2ccccc21. The highest BCUT2D eigenvalue weighted by Gasteiger charge is 2.18. The van der Waals surface area contributed by atoms with Crippen molar-refractivity contribution in [1.29, 1.82) is 0 Å². The fraction of sp³-hybridized carbons (Fsp3) is 0.273. The number of ether oxygens (including phenoxy) is 1. The van der Waals surface area contributed by atoms with E-state index in [2.05, 4.69) is 10.6 Å². The molecule has 2 amide bonds. The Balaban J connectivity index is 2.00. The number of anilines is 1. The van der Waals surface area contributed by atoms with Crippen LogP contribution in [-0.4, -0.2) is 46.3 Å². The molecule has 0 fully saturated rings. The van der Waals surface area contributed by atoms with E-state index in [1.54, 1.807) is 37.3 Å². The molecular weight excluding hydrogens is 452 g/mol. The molecule has 0 aliphatic heterocycles. The van der Waals surface area contributed by atoms with Gasteiger partial charge in [0.15, 0.2) is 0 Å². The van der Waals surface area contributed by atoms with Crippen molar-refractivity contribution < 1.29 is 19.4 Å². The van der Waals surface area contributed by atoms with E-state index in [9.17, 15) is 19.2 Å². The first-order valence-electron chi connectivity index (χ1n) is 10.0. The van der Waals surface area contributed by atoms with Gasteiger partial charge < -0.3 is 20.5 Å². The molecule has 33 heavy (non-hydrogen) atoms. The molecule has 11 heteroatoms. The third kappa shape index (κ3) is 5.24. The van der Waals surface area contributed by atoms with Gasteiger partial charge in [0.1, 0.15) is 18.8 Å². The van der Waals surface area contributed by atoms with Crippen molar-refractivity contribution in [1.82, 2.24) is 14.5 Å². The lowest BCUT2D eigenvalue weighted by Gasteiger charge is -2.15. The number of hydrogen-bond acceptors (Lipinski definition) is 6. The molecule has 1 heterocycles. The first-order chi connectivity index (χ1) is 15.8. The molecule has 1 aromatic heterocycles. The summed E-state index contributed by atoms with van der Waals surface area (Å²) in [5.41, 5.74) is -0.128. The summed E-state index contributed by atoms with van der Waals surface area (Å²) in [6.07, 6.45) is 0. The monoisotopic (exact) mass is 474 g/mol. The highest BCUT2D eigenvalue weighted by Crippen LogP contribution is 2.30. The van der Waals surface area contributed by atoms with Gasteiger partial charge >= 0.3 is 5.69 Å². The lowest BCUT2D eigenvalue weighted by atomic mass is 10.2. The van der Waals surface area contributed by atoms with Crippen LogP contribution in [-0.2, 0) is 22.7 Å². The first kappa shape index (κ1) is 24.0. The summed E-state index contributed by atoms with van der Waals surface area (Å²) >= 11 is 6.16. The van der Waals surface area contributed by atoms with Gasteiger partial charge in [-0.3, -0.25) is 23.5 Å². The van der Waals surface area contributed by atoms with Crippen molar-refractivity contribution in [2.24, 2.45) is 0 Å². The number of nitrogens with one attached hydrogen (secondary N) is 2. The fourth-order valence-corrected chi connectivity index (χ4v) is 3.48. The lowest BCUT2D eigenvalue weighted by Crippen LogP contribution is -2.45. The third-order valence-electron chi connectivity index (χ3n) is 4.92. The average Bonchev–Trinajstić information content (AvgIpc) is 2.80. The summed E-state index contributed by atoms with van der Waals surface area (Å²) in [5.74, 6) is -0.781. The Morgan fingerprint density at radius 1 is 1.09 bits per heavy atom. The maximum atomic E-state index is 13.1. The topological polar surface area (TPSA) is 132 Å². The Morgan fingerprint density at radius 2 is 1.79 bits per heavy atom. The van der Waals surface area contributed by atoms with Crippen LogP contribution in [0.1, 0.15) is 5.56 Å². The second-order valence-electron chi connectivity index (χ2n) is 7.20. The molecule has 0 aliphatic carbocycles. The molecule has 0 radical (unpaired) electrons. The number of fused-ring (bicyclic) bond motifs is 1. The summed E-state index contributed by atoms with van der Waals surface area (Å²) in [4.78, 5) is 50.8. The summed E-state index contributed by atoms with van der Waals surface area (Å²) in [7, 11) is 1.45. The fourth-order valence-electron chi connectivity index (χ4n) is 3.31. The number of aromatic nitrogens is 2. The molecule has 174 valence electrons. The van der Waals surface area contributed by atoms with Crippen LogP contribution < -0.4 is 26.6 Å². The predicted octanol–water partition coefficient (Wildman–Crippen LogP) is 0.881. The Labute approximate surface area is 193 Å². The van der Waals surface area contributed by atoms with Crippen LogP contribution >= 0.6 is 11.6 Å². The molecular formula is C22H23ClN4O6. The van der Waals surface area contributed by atoms with Gasteiger partial charge in [-0.25, -0.2) is 4.79 Å². The van der Waals surface area contributed by atoms with Crippen molar-refractivity contribution in [2.75, 3.05) is 25.6 Å². The smallest absolute Gasteiger partial charge is 0.332 e. The Hall–Kier alpha value is -3.63.